The molecule has 8 nitrogen and oxygen atoms in total. The number of carbonyl (C=O) groups excluding carboxylic acids is 1. The minimum absolute atomic E-state index is 0.0346. The van der Waals surface area contributed by atoms with Gasteiger partial charge in [-0.25, -0.2) is 9.97 Å². The fourth-order valence-electron chi connectivity index (χ4n) is 5.26. The van der Waals surface area contributed by atoms with Crippen LogP contribution in [0.25, 0.3) is 11.3 Å². The third kappa shape index (κ3) is 5.73. The van der Waals surface area contributed by atoms with E-state index in [0.29, 0.717) is 30.8 Å². The van der Waals surface area contributed by atoms with Gasteiger partial charge in [-0.1, -0.05) is 12.1 Å². The summed E-state index contributed by atoms with van der Waals surface area (Å²) < 4.78 is 0. The summed E-state index contributed by atoms with van der Waals surface area (Å²) in [6, 6.07) is 10.9. The number of aromatic nitrogens is 2. The van der Waals surface area contributed by atoms with Crippen LogP contribution in [0.2, 0.25) is 0 Å². The van der Waals surface area contributed by atoms with Crippen molar-refractivity contribution in [3.8, 4) is 11.3 Å². The number of anilines is 1. The Morgan fingerprint density at radius 3 is 2.59 bits per heavy atom. The van der Waals surface area contributed by atoms with Gasteiger partial charge < -0.3 is 15.3 Å². The first kappa shape index (κ1) is 24.1. The average molecular weight is 466 g/mol. The number of hydrogen-bond donors (Lipinski definition) is 2. The van der Waals surface area contributed by atoms with Crippen molar-refractivity contribution in [2.24, 2.45) is 5.92 Å². The van der Waals surface area contributed by atoms with Gasteiger partial charge in [0.1, 0.15) is 5.82 Å². The van der Waals surface area contributed by atoms with Gasteiger partial charge in [0.05, 0.1) is 5.69 Å². The Morgan fingerprint density at radius 1 is 1.18 bits per heavy atom. The Morgan fingerprint density at radius 2 is 1.94 bits per heavy atom. The molecular formula is C26H35N5O3. The maximum absolute atomic E-state index is 12.1. The highest BCUT2D eigenvalue weighted by Gasteiger charge is 2.41. The third-order valence-electron chi connectivity index (χ3n) is 7.13. The normalized spacial score (nSPS) is 23.5. The highest BCUT2D eigenvalue weighted by Crippen LogP contribution is 2.41. The van der Waals surface area contributed by atoms with Gasteiger partial charge in [0, 0.05) is 68.9 Å². The Bertz CT molecular complexity index is 1020. The minimum Gasteiger partial charge on any atom is -0.481 e. The van der Waals surface area contributed by atoms with Gasteiger partial charge in [0.15, 0.2) is 0 Å². The van der Waals surface area contributed by atoms with Crippen LogP contribution in [0, 0.1) is 12.8 Å². The number of rotatable bonds is 9. The zero-order valence-corrected chi connectivity index (χ0v) is 20.3. The summed E-state index contributed by atoms with van der Waals surface area (Å²) in [5.74, 6) is 0.792. The van der Waals surface area contributed by atoms with Gasteiger partial charge in [-0.05, 0) is 56.8 Å². The largest absolute Gasteiger partial charge is 0.481 e. The van der Waals surface area contributed by atoms with E-state index in [0.717, 1.165) is 54.4 Å². The van der Waals surface area contributed by atoms with E-state index in [2.05, 4.69) is 45.4 Å². The standard InChI is InChI=1S/C26H35N5O3/c1-17-28-23(18-7-9-20(10-8-18)30(2)3)14-24(29-17)22-16-31-12-11-19(22)13-21(31)15-27-25(32)5-4-6-26(33)34/h7-10,14,19,21-22H,4-6,11-13,15-16H2,1-3H3,(H,27,32)(H,33,34)/t19-,21+,22+/m0/s1. The van der Waals surface area contributed by atoms with Crippen LogP contribution in [0.3, 0.4) is 0 Å². The van der Waals surface area contributed by atoms with Crippen LogP contribution >= 0.6 is 0 Å². The highest BCUT2D eigenvalue weighted by molar-refractivity contribution is 5.76. The van der Waals surface area contributed by atoms with Crippen molar-refractivity contribution in [2.75, 3.05) is 38.6 Å². The third-order valence-corrected chi connectivity index (χ3v) is 7.13. The van der Waals surface area contributed by atoms with Crippen molar-refractivity contribution in [1.29, 1.82) is 0 Å². The molecule has 2 aromatic rings. The number of carboxylic acids is 1. The Balaban J connectivity index is 1.40. The van der Waals surface area contributed by atoms with Gasteiger partial charge in [-0.3, -0.25) is 14.5 Å². The molecule has 0 radical (unpaired) electrons. The molecule has 1 unspecified atom stereocenters. The number of nitrogens with zero attached hydrogens (tertiary/aromatic N) is 4. The van der Waals surface area contributed by atoms with Gasteiger partial charge in [-0.15, -0.1) is 0 Å². The average Bonchev–Trinajstić information content (AvgIpc) is 2.82. The van der Waals surface area contributed by atoms with Crippen LogP contribution in [0.15, 0.2) is 30.3 Å². The van der Waals surface area contributed by atoms with Crippen molar-refractivity contribution in [2.45, 2.75) is 51.0 Å². The summed E-state index contributed by atoms with van der Waals surface area (Å²) in [6.45, 7) is 4.58. The molecule has 8 heteroatoms. The maximum atomic E-state index is 12.1. The maximum Gasteiger partial charge on any atom is 0.303 e. The number of fused-ring (bicyclic) bond motifs is 3. The first-order chi connectivity index (χ1) is 16.3. The number of amides is 1. The van der Waals surface area contributed by atoms with E-state index in [1.807, 2.05) is 21.0 Å². The van der Waals surface area contributed by atoms with Gasteiger partial charge in [0.2, 0.25) is 5.91 Å². The molecule has 2 N–H and O–H groups in total. The lowest BCUT2D eigenvalue weighted by molar-refractivity contribution is -0.137. The van der Waals surface area contributed by atoms with E-state index in [1.165, 1.54) is 0 Å². The first-order valence-electron chi connectivity index (χ1n) is 12.2. The topological polar surface area (TPSA) is 98.7 Å². The lowest BCUT2D eigenvalue weighted by Gasteiger charge is -2.49. The molecule has 4 atom stereocenters. The van der Waals surface area contributed by atoms with E-state index < -0.39 is 5.97 Å². The zero-order valence-electron chi connectivity index (χ0n) is 20.3. The van der Waals surface area contributed by atoms with Gasteiger partial charge in [-0.2, -0.15) is 0 Å². The monoisotopic (exact) mass is 465 g/mol. The predicted octanol–water partition coefficient (Wildman–Crippen LogP) is 3.07. The van der Waals surface area contributed by atoms with Crippen LogP contribution in [-0.2, 0) is 9.59 Å². The molecule has 0 spiro atoms. The van der Waals surface area contributed by atoms with E-state index >= 15 is 0 Å². The number of carboxylic acid groups (broad SMARTS) is 1. The van der Waals surface area contributed by atoms with Gasteiger partial charge in [0.25, 0.3) is 0 Å². The lowest BCUT2D eigenvalue weighted by Crippen LogP contribution is -2.56. The summed E-state index contributed by atoms with van der Waals surface area (Å²) in [5.41, 5.74) is 4.34. The molecule has 1 aromatic carbocycles. The molecule has 3 saturated heterocycles. The van der Waals surface area contributed by atoms with Crippen molar-refractivity contribution in [3.05, 3.63) is 41.9 Å². The van der Waals surface area contributed by atoms with Crippen LogP contribution in [-0.4, -0.2) is 71.6 Å². The molecule has 182 valence electrons. The smallest absolute Gasteiger partial charge is 0.303 e. The summed E-state index contributed by atoms with van der Waals surface area (Å²) in [5, 5.41) is 11.7. The van der Waals surface area contributed by atoms with Crippen LogP contribution < -0.4 is 10.2 Å². The van der Waals surface area contributed by atoms with E-state index in [1.54, 1.807) is 0 Å². The SMILES string of the molecule is Cc1nc(-c2ccc(N(C)C)cc2)cc([C@@H]2CN3CC[C@H]2C[C@@H]3CNC(=O)CCCC(=O)O)n1. The molecule has 1 aromatic heterocycles. The van der Waals surface area contributed by atoms with Crippen molar-refractivity contribution in [3.63, 3.8) is 0 Å². The van der Waals surface area contributed by atoms with Gasteiger partial charge >= 0.3 is 5.97 Å². The van der Waals surface area contributed by atoms with Crippen LogP contribution in [0.5, 0.6) is 0 Å². The Hall–Kier alpha value is -3.00. The number of nitrogens with one attached hydrogen (secondary N) is 1. The fraction of sp³-hybridized carbons (Fsp3) is 0.538. The Labute approximate surface area is 201 Å². The van der Waals surface area contributed by atoms with Crippen LogP contribution in [0.1, 0.15) is 49.5 Å². The number of benzene rings is 1. The number of hydrogen-bond acceptors (Lipinski definition) is 6. The van der Waals surface area contributed by atoms with Crippen molar-refractivity contribution >= 4 is 17.6 Å². The summed E-state index contributed by atoms with van der Waals surface area (Å²) >= 11 is 0. The second-order valence-corrected chi connectivity index (χ2v) is 9.76. The molecular weight excluding hydrogens is 430 g/mol. The molecule has 0 aliphatic carbocycles. The van der Waals surface area contributed by atoms with Crippen molar-refractivity contribution in [1.82, 2.24) is 20.2 Å². The van der Waals surface area contributed by atoms with Crippen LogP contribution in [0.4, 0.5) is 5.69 Å². The number of piperidine rings is 3. The molecule has 0 saturated carbocycles. The number of carbonyl (C=O) groups is 2. The molecule has 3 aliphatic rings. The molecule has 1 amide bonds. The predicted molar refractivity (Wildman–Crippen MR) is 132 cm³/mol. The first-order valence-corrected chi connectivity index (χ1v) is 12.2. The minimum atomic E-state index is -0.858. The number of aryl methyl sites for hydroxylation is 1. The molecule has 3 aliphatic heterocycles. The number of aliphatic carboxylic acids is 1. The second kappa shape index (κ2) is 10.5. The second-order valence-electron chi connectivity index (χ2n) is 9.76. The quantitative estimate of drug-likeness (QED) is 0.587. The Kier molecular flexibility index (Phi) is 7.46. The fourth-order valence-corrected chi connectivity index (χ4v) is 5.26. The van der Waals surface area contributed by atoms with E-state index in [4.69, 9.17) is 15.1 Å². The van der Waals surface area contributed by atoms with E-state index in [-0.39, 0.29) is 18.7 Å². The molecule has 3 fully saturated rings. The van der Waals surface area contributed by atoms with Crippen molar-refractivity contribution < 1.29 is 14.7 Å². The molecule has 34 heavy (non-hydrogen) atoms. The summed E-state index contributed by atoms with van der Waals surface area (Å²) in [6.07, 6.45) is 2.86. The van der Waals surface area contributed by atoms with E-state index in [9.17, 15) is 9.59 Å². The highest BCUT2D eigenvalue weighted by atomic mass is 16.4. The zero-order chi connectivity index (χ0) is 24.2. The summed E-state index contributed by atoms with van der Waals surface area (Å²) in [4.78, 5) is 36.8. The molecule has 4 heterocycles. The molecule has 2 bridgehead atoms. The molecule has 5 rings (SSSR count). The summed E-state index contributed by atoms with van der Waals surface area (Å²) in [7, 11) is 4.07. The lowest BCUT2D eigenvalue weighted by atomic mass is 9.74.